The third-order valence-corrected chi connectivity index (χ3v) is 4.95. The van der Waals surface area contributed by atoms with Gasteiger partial charge in [0.1, 0.15) is 5.69 Å². The summed E-state index contributed by atoms with van der Waals surface area (Å²) in [6.45, 7) is 1.40. The van der Waals surface area contributed by atoms with Gasteiger partial charge in [0.25, 0.3) is 5.91 Å². The summed E-state index contributed by atoms with van der Waals surface area (Å²) in [6, 6.07) is 10.4. The first-order chi connectivity index (χ1) is 11.7. The van der Waals surface area contributed by atoms with Gasteiger partial charge < -0.3 is 4.90 Å². The molecular weight excluding hydrogens is 324 g/mol. The number of hydrogen-bond donors (Lipinski definition) is 1. The average molecular weight is 341 g/mol. The molecule has 3 heterocycles. The summed E-state index contributed by atoms with van der Waals surface area (Å²) in [5, 5.41) is 9.24. The van der Waals surface area contributed by atoms with Crippen molar-refractivity contribution in [1.82, 2.24) is 20.1 Å². The largest absolute Gasteiger partial charge is 0.337 e. The van der Waals surface area contributed by atoms with Gasteiger partial charge in [0.15, 0.2) is 0 Å². The van der Waals surface area contributed by atoms with Crippen LogP contribution in [0.1, 0.15) is 34.9 Å². The normalized spacial score (nSPS) is 15.8. The third kappa shape index (κ3) is 2.76. The fourth-order valence-electron chi connectivity index (χ4n) is 3.28. The van der Waals surface area contributed by atoms with Gasteiger partial charge in [-0.3, -0.25) is 14.9 Å². The molecule has 5 nitrogen and oxygen atoms in total. The van der Waals surface area contributed by atoms with Crippen LogP contribution in [0.25, 0.3) is 10.8 Å². The molecule has 0 bridgehead atoms. The minimum atomic E-state index is -0.0811. The Labute approximate surface area is 144 Å². The Hall–Kier alpha value is -2.40. The molecule has 24 heavy (non-hydrogen) atoms. The number of likely N-dealkylation sites (tertiary alicyclic amines) is 1. The van der Waals surface area contributed by atoms with Crippen molar-refractivity contribution in [1.29, 1.82) is 0 Å². The first-order valence-corrected chi connectivity index (χ1v) is 8.43. The summed E-state index contributed by atoms with van der Waals surface area (Å²) < 4.78 is 0. The number of carbonyl (C=O) groups is 1. The van der Waals surface area contributed by atoms with Crippen LogP contribution >= 0.6 is 11.6 Å². The van der Waals surface area contributed by atoms with Gasteiger partial charge in [-0.15, -0.1) is 0 Å². The number of hydrogen-bond acceptors (Lipinski definition) is 3. The van der Waals surface area contributed by atoms with E-state index in [9.17, 15) is 4.79 Å². The molecule has 122 valence electrons. The molecule has 3 aromatic rings. The SMILES string of the molecule is O=C(c1[nH]ncc1Cl)N1CCC(c2cc3ccccc3cn2)CC1. The monoisotopic (exact) mass is 340 g/mol. The van der Waals surface area contributed by atoms with Crippen LogP contribution in [0.3, 0.4) is 0 Å². The van der Waals surface area contributed by atoms with E-state index in [1.54, 1.807) is 0 Å². The van der Waals surface area contributed by atoms with Crippen molar-refractivity contribution in [2.45, 2.75) is 18.8 Å². The molecule has 6 heteroatoms. The van der Waals surface area contributed by atoms with Crippen LogP contribution in [0.5, 0.6) is 0 Å². The minimum Gasteiger partial charge on any atom is -0.337 e. The second-order valence-electron chi connectivity index (χ2n) is 6.12. The lowest BCUT2D eigenvalue weighted by molar-refractivity contribution is 0.0706. The number of halogens is 1. The molecule has 0 aliphatic carbocycles. The molecule has 1 N–H and O–H groups in total. The van der Waals surface area contributed by atoms with E-state index in [1.165, 1.54) is 11.6 Å². The van der Waals surface area contributed by atoms with Crippen LogP contribution in [-0.4, -0.2) is 39.1 Å². The summed E-state index contributed by atoms with van der Waals surface area (Å²) in [6.07, 6.45) is 5.21. The fourth-order valence-corrected chi connectivity index (χ4v) is 3.45. The van der Waals surface area contributed by atoms with Crippen molar-refractivity contribution in [3.05, 3.63) is 59.1 Å². The highest BCUT2D eigenvalue weighted by atomic mass is 35.5. The first kappa shape index (κ1) is 15.1. The van der Waals surface area contributed by atoms with E-state index in [0.717, 1.165) is 23.9 Å². The molecule has 1 saturated heterocycles. The zero-order chi connectivity index (χ0) is 16.5. The van der Waals surface area contributed by atoms with Crippen LogP contribution in [0.15, 0.2) is 42.7 Å². The van der Waals surface area contributed by atoms with Crippen LogP contribution in [0.2, 0.25) is 5.02 Å². The van der Waals surface area contributed by atoms with Gasteiger partial charge in [0.05, 0.1) is 11.2 Å². The molecule has 2 aromatic heterocycles. The van der Waals surface area contributed by atoms with E-state index in [-0.39, 0.29) is 5.91 Å². The summed E-state index contributed by atoms with van der Waals surface area (Å²) in [7, 11) is 0. The molecule has 1 aliphatic rings. The highest BCUT2D eigenvalue weighted by Gasteiger charge is 2.27. The molecule has 0 atom stereocenters. The van der Waals surface area contributed by atoms with Crippen molar-refractivity contribution in [3.63, 3.8) is 0 Å². The van der Waals surface area contributed by atoms with Gasteiger partial charge in [0, 0.05) is 36.3 Å². The maximum atomic E-state index is 12.5. The molecule has 0 spiro atoms. The number of carbonyl (C=O) groups excluding carboxylic acids is 1. The number of nitrogens with one attached hydrogen (secondary N) is 1. The molecule has 0 radical (unpaired) electrons. The Balaban J connectivity index is 1.47. The highest BCUT2D eigenvalue weighted by Crippen LogP contribution is 2.29. The number of rotatable bonds is 2. The molecule has 0 saturated carbocycles. The van der Waals surface area contributed by atoms with Gasteiger partial charge in [-0.05, 0) is 24.3 Å². The van der Waals surface area contributed by atoms with E-state index in [4.69, 9.17) is 11.6 Å². The number of benzene rings is 1. The quantitative estimate of drug-likeness (QED) is 0.774. The highest BCUT2D eigenvalue weighted by molar-refractivity contribution is 6.33. The Bertz CT molecular complexity index is 883. The minimum absolute atomic E-state index is 0.0811. The maximum absolute atomic E-state index is 12.5. The molecule has 1 amide bonds. The van der Waals surface area contributed by atoms with Crippen LogP contribution in [-0.2, 0) is 0 Å². The van der Waals surface area contributed by atoms with Gasteiger partial charge in [-0.2, -0.15) is 5.10 Å². The second-order valence-corrected chi connectivity index (χ2v) is 6.52. The van der Waals surface area contributed by atoms with Gasteiger partial charge in [-0.25, -0.2) is 0 Å². The molecule has 1 fully saturated rings. The molecule has 1 aromatic carbocycles. The molecule has 4 rings (SSSR count). The Morgan fingerprint density at radius 1 is 1.17 bits per heavy atom. The van der Waals surface area contributed by atoms with Gasteiger partial charge in [0.2, 0.25) is 0 Å². The number of nitrogens with zero attached hydrogens (tertiary/aromatic N) is 3. The number of aromatic amines is 1. The lowest BCUT2D eigenvalue weighted by Crippen LogP contribution is -2.38. The smallest absolute Gasteiger partial charge is 0.273 e. The number of fused-ring (bicyclic) bond motifs is 1. The molecule has 0 unspecified atom stereocenters. The van der Waals surface area contributed by atoms with E-state index in [1.807, 2.05) is 23.2 Å². The van der Waals surface area contributed by atoms with Crippen molar-refractivity contribution in [2.75, 3.05) is 13.1 Å². The van der Waals surface area contributed by atoms with Crippen molar-refractivity contribution >= 4 is 28.3 Å². The number of aromatic nitrogens is 3. The lowest BCUT2D eigenvalue weighted by atomic mass is 9.92. The lowest BCUT2D eigenvalue weighted by Gasteiger charge is -2.31. The van der Waals surface area contributed by atoms with E-state index in [2.05, 4.69) is 33.4 Å². The van der Waals surface area contributed by atoms with E-state index in [0.29, 0.717) is 29.7 Å². The number of H-pyrrole nitrogens is 1. The number of pyridine rings is 1. The predicted molar refractivity (Wildman–Crippen MR) is 93.2 cm³/mol. The second kappa shape index (κ2) is 6.24. The van der Waals surface area contributed by atoms with E-state index >= 15 is 0 Å². The fraction of sp³-hybridized carbons (Fsp3) is 0.278. The van der Waals surface area contributed by atoms with Crippen molar-refractivity contribution in [3.8, 4) is 0 Å². The zero-order valence-electron chi connectivity index (χ0n) is 13.1. The summed E-state index contributed by atoms with van der Waals surface area (Å²) in [4.78, 5) is 18.9. The summed E-state index contributed by atoms with van der Waals surface area (Å²) >= 11 is 5.98. The number of piperidine rings is 1. The standard InChI is InChI=1S/C18H17ClN4O/c19-15-11-21-22-17(15)18(24)23-7-5-12(6-8-23)16-9-13-3-1-2-4-14(13)10-20-16/h1-4,9-12H,5-8H2,(H,21,22). The maximum Gasteiger partial charge on any atom is 0.273 e. The topological polar surface area (TPSA) is 61.9 Å². The Kier molecular flexibility index (Phi) is 3.94. The van der Waals surface area contributed by atoms with Gasteiger partial charge >= 0.3 is 0 Å². The van der Waals surface area contributed by atoms with Crippen LogP contribution < -0.4 is 0 Å². The zero-order valence-corrected chi connectivity index (χ0v) is 13.8. The van der Waals surface area contributed by atoms with Crippen LogP contribution in [0, 0.1) is 0 Å². The molecule has 1 aliphatic heterocycles. The summed E-state index contributed by atoms with van der Waals surface area (Å²) in [5.41, 5.74) is 1.49. The predicted octanol–water partition coefficient (Wildman–Crippen LogP) is 3.63. The summed E-state index contributed by atoms with van der Waals surface area (Å²) in [5.74, 6) is 0.304. The average Bonchev–Trinajstić information content (AvgIpc) is 3.07. The number of amides is 1. The van der Waals surface area contributed by atoms with Gasteiger partial charge in [-0.1, -0.05) is 35.9 Å². The third-order valence-electron chi connectivity index (χ3n) is 4.66. The Morgan fingerprint density at radius 3 is 2.62 bits per heavy atom. The Morgan fingerprint density at radius 2 is 1.92 bits per heavy atom. The van der Waals surface area contributed by atoms with Crippen LogP contribution in [0.4, 0.5) is 0 Å². The van der Waals surface area contributed by atoms with E-state index < -0.39 is 0 Å². The van der Waals surface area contributed by atoms with Crippen molar-refractivity contribution in [2.24, 2.45) is 0 Å². The van der Waals surface area contributed by atoms with Crippen molar-refractivity contribution < 1.29 is 4.79 Å². The first-order valence-electron chi connectivity index (χ1n) is 8.05. The molecular formula is C18H17ClN4O.